The van der Waals surface area contributed by atoms with Crippen molar-refractivity contribution in [3.63, 3.8) is 0 Å². The van der Waals surface area contributed by atoms with Crippen LogP contribution in [0.25, 0.3) is 10.7 Å². The van der Waals surface area contributed by atoms with E-state index in [4.69, 9.17) is 10.2 Å². The van der Waals surface area contributed by atoms with Gasteiger partial charge in [0, 0.05) is 13.0 Å². The molecule has 1 atom stereocenters. The van der Waals surface area contributed by atoms with Gasteiger partial charge in [0.15, 0.2) is 11.0 Å². The highest BCUT2D eigenvalue weighted by Crippen LogP contribution is 2.27. The number of carbonyl (C=O) groups is 2. The maximum atomic E-state index is 12.2. The van der Waals surface area contributed by atoms with Crippen LogP contribution in [0.3, 0.4) is 0 Å². The fraction of sp³-hybridized carbons (Fsp3) is 0.294. The molecule has 10 heteroatoms. The minimum Gasteiger partial charge on any atom is -0.467 e. The lowest BCUT2D eigenvalue weighted by Crippen LogP contribution is -2.28. The van der Waals surface area contributed by atoms with Gasteiger partial charge in [0.2, 0.25) is 11.8 Å². The van der Waals surface area contributed by atoms with Crippen LogP contribution in [0.2, 0.25) is 0 Å². The summed E-state index contributed by atoms with van der Waals surface area (Å²) >= 11 is 2.79. The van der Waals surface area contributed by atoms with Gasteiger partial charge in [0.1, 0.15) is 5.76 Å². The summed E-state index contributed by atoms with van der Waals surface area (Å²) in [6, 6.07) is 7.22. The first-order chi connectivity index (χ1) is 13.0. The summed E-state index contributed by atoms with van der Waals surface area (Å²) < 4.78 is 7.11. The molecule has 3 rings (SSSR count). The van der Waals surface area contributed by atoms with Crippen LogP contribution in [0, 0.1) is 0 Å². The van der Waals surface area contributed by atoms with E-state index in [2.05, 4.69) is 15.5 Å². The molecule has 0 unspecified atom stereocenters. The number of amides is 2. The Balaban J connectivity index is 1.66. The SMILES string of the molecule is C[C@@H](NC(=O)CSc1nnc(-c2cccs2)n1CCC(N)=O)c1ccco1. The average molecular weight is 406 g/mol. The summed E-state index contributed by atoms with van der Waals surface area (Å²) in [5, 5.41) is 13.8. The number of nitrogens with zero attached hydrogens (tertiary/aromatic N) is 3. The quantitative estimate of drug-likeness (QED) is 0.528. The highest BCUT2D eigenvalue weighted by Gasteiger charge is 2.18. The molecule has 3 N–H and O–H groups in total. The summed E-state index contributed by atoms with van der Waals surface area (Å²) in [6.45, 7) is 2.22. The summed E-state index contributed by atoms with van der Waals surface area (Å²) in [5.74, 6) is 0.980. The molecule has 0 aliphatic heterocycles. The van der Waals surface area contributed by atoms with E-state index in [0.717, 1.165) is 4.88 Å². The predicted molar refractivity (Wildman–Crippen MR) is 103 cm³/mol. The fourth-order valence-corrected chi connectivity index (χ4v) is 3.92. The highest BCUT2D eigenvalue weighted by atomic mass is 32.2. The maximum absolute atomic E-state index is 12.2. The van der Waals surface area contributed by atoms with E-state index in [1.807, 2.05) is 35.1 Å². The molecule has 0 aliphatic carbocycles. The molecule has 0 aromatic carbocycles. The molecular formula is C17H19N5O3S2. The monoisotopic (exact) mass is 405 g/mol. The van der Waals surface area contributed by atoms with Crippen molar-refractivity contribution < 1.29 is 14.0 Å². The van der Waals surface area contributed by atoms with Crippen LogP contribution in [-0.2, 0) is 16.1 Å². The number of aromatic nitrogens is 3. The number of primary amides is 1. The molecule has 0 fully saturated rings. The summed E-state index contributed by atoms with van der Waals surface area (Å²) in [5.41, 5.74) is 5.28. The van der Waals surface area contributed by atoms with Gasteiger partial charge in [-0.05, 0) is 30.5 Å². The minimum absolute atomic E-state index is 0.147. The van der Waals surface area contributed by atoms with E-state index in [1.54, 1.807) is 12.3 Å². The third-order valence-electron chi connectivity index (χ3n) is 3.72. The molecule has 0 spiro atoms. The topological polar surface area (TPSA) is 116 Å². The molecule has 2 amide bonds. The molecule has 0 aliphatic rings. The Kier molecular flexibility index (Phi) is 6.30. The maximum Gasteiger partial charge on any atom is 0.231 e. The first-order valence-corrected chi connectivity index (χ1v) is 10.1. The van der Waals surface area contributed by atoms with Gasteiger partial charge in [-0.1, -0.05) is 17.8 Å². The van der Waals surface area contributed by atoms with E-state index >= 15 is 0 Å². The summed E-state index contributed by atoms with van der Waals surface area (Å²) in [4.78, 5) is 24.4. The van der Waals surface area contributed by atoms with Crippen molar-refractivity contribution in [2.24, 2.45) is 5.73 Å². The number of nitrogens with two attached hydrogens (primary N) is 1. The van der Waals surface area contributed by atoms with E-state index in [0.29, 0.717) is 23.3 Å². The highest BCUT2D eigenvalue weighted by molar-refractivity contribution is 7.99. The molecule has 8 nitrogen and oxygen atoms in total. The molecule has 3 heterocycles. The second kappa shape index (κ2) is 8.87. The van der Waals surface area contributed by atoms with Gasteiger partial charge in [-0.2, -0.15) is 0 Å². The number of hydrogen-bond donors (Lipinski definition) is 2. The normalized spacial score (nSPS) is 12.0. The number of nitrogens with one attached hydrogen (secondary N) is 1. The lowest BCUT2D eigenvalue weighted by Gasteiger charge is -2.11. The Morgan fingerprint density at radius 3 is 2.89 bits per heavy atom. The van der Waals surface area contributed by atoms with Gasteiger partial charge >= 0.3 is 0 Å². The van der Waals surface area contributed by atoms with Crippen LogP contribution >= 0.6 is 23.1 Å². The number of furan rings is 1. The molecule has 0 radical (unpaired) electrons. The second-order valence-electron chi connectivity index (χ2n) is 5.74. The van der Waals surface area contributed by atoms with Crippen LogP contribution < -0.4 is 11.1 Å². The Labute approximate surface area is 164 Å². The van der Waals surface area contributed by atoms with Gasteiger partial charge in [0.25, 0.3) is 0 Å². The molecule has 27 heavy (non-hydrogen) atoms. The average Bonchev–Trinajstić information content (AvgIpc) is 3.39. The molecular weight excluding hydrogens is 386 g/mol. The molecule has 0 saturated carbocycles. The van der Waals surface area contributed by atoms with Crippen molar-refractivity contribution in [3.05, 3.63) is 41.7 Å². The fourth-order valence-electron chi connectivity index (χ4n) is 2.43. The standard InChI is InChI=1S/C17H19N5O3S2/c1-11(12-4-2-8-25-12)19-15(24)10-27-17-21-20-16(13-5-3-9-26-13)22(17)7-6-14(18)23/h2-5,8-9,11H,6-7,10H2,1H3,(H2,18,23)(H,19,24)/t11-/m1/s1. The van der Waals surface area contributed by atoms with Crippen LogP contribution in [0.5, 0.6) is 0 Å². The zero-order valence-corrected chi connectivity index (χ0v) is 16.3. The summed E-state index contributed by atoms with van der Waals surface area (Å²) in [6.07, 6.45) is 1.74. The number of rotatable bonds is 9. The smallest absolute Gasteiger partial charge is 0.231 e. The summed E-state index contributed by atoms with van der Waals surface area (Å²) in [7, 11) is 0. The van der Waals surface area contributed by atoms with Crippen molar-refractivity contribution >= 4 is 34.9 Å². The number of thiophene rings is 1. The zero-order valence-electron chi connectivity index (χ0n) is 14.6. The van der Waals surface area contributed by atoms with Crippen LogP contribution in [0.15, 0.2) is 45.5 Å². The molecule has 3 aromatic rings. The van der Waals surface area contributed by atoms with Gasteiger partial charge in [-0.15, -0.1) is 21.5 Å². The molecule has 3 aromatic heterocycles. The molecule has 0 saturated heterocycles. The molecule has 0 bridgehead atoms. The van der Waals surface area contributed by atoms with Crippen LogP contribution in [-0.4, -0.2) is 32.3 Å². The largest absolute Gasteiger partial charge is 0.467 e. The Morgan fingerprint density at radius 2 is 2.22 bits per heavy atom. The van der Waals surface area contributed by atoms with Crippen LogP contribution in [0.4, 0.5) is 0 Å². The van der Waals surface area contributed by atoms with Gasteiger partial charge in [0.05, 0.1) is 22.9 Å². The van der Waals surface area contributed by atoms with Crippen molar-refractivity contribution in [3.8, 4) is 10.7 Å². The van der Waals surface area contributed by atoms with E-state index in [9.17, 15) is 9.59 Å². The lowest BCUT2D eigenvalue weighted by atomic mass is 10.2. The number of hydrogen-bond acceptors (Lipinski definition) is 7. The van der Waals surface area contributed by atoms with Crippen molar-refractivity contribution in [2.45, 2.75) is 31.1 Å². The van der Waals surface area contributed by atoms with Gasteiger partial charge in [-0.3, -0.25) is 9.59 Å². The number of thioether (sulfide) groups is 1. The third-order valence-corrected chi connectivity index (χ3v) is 5.55. The second-order valence-corrected chi connectivity index (χ2v) is 7.63. The predicted octanol–water partition coefficient (Wildman–Crippen LogP) is 2.44. The Morgan fingerprint density at radius 1 is 1.37 bits per heavy atom. The first kappa shape index (κ1) is 19.2. The Hall–Kier alpha value is -2.59. The van der Waals surface area contributed by atoms with Gasteiger partial charge < -0.3 is 20.0 Å². The van der Waals surface area contributed by atoms with E-state index in [-0.39, 0.29) is 24.1 Å². The van der Waals surface area contributed by atoms with Gasteiger partial charge in [-0.25, -0.2) is 0 Å². The first-order valence-electron chi connectivity index (χ1n) is 8.25. The van der Waals surface area contributed by atoms with E-state index < -0.39 is 5.91 Å². The van der Waals surface area contributed by atoms with Crippen molar-refractivity contribution in [2.75, 3.05) is 5.75 Å². The number of carbonyl (C=O) groups excluding carboxylic acids is 2. The molecule has 142 valence electrons. The minimum atomic E-state index is -0.401. The van der Waals surface area contributed by atoms with Crippen molar-refractivity contribution in [1.82, 2.24) is 20.1 Å². The van der Waals surface area contributed by atoms with Crippen LogP contribution in [0.1, 0.15) is 25.1 Å². The lowest BCUT2D eigenvalue weighted by molar-refractivity contribution is -0.119. The Bertz CT molecular complexity index is 890. The van der Waals surface area contributed by atoms with E-state index in [1.165, 1.54) is 23.1 Å². The van der Waals surface area contributed by atoms with Crippen molar-refractivity contribution in [1.29, 1.82) is 0 Å². The zero-order chi connectivity index (χ0) is 19.2. The third kappa shape index (κ3) is 4.98.